The highest BCUT2D eigenvalue weighted by Gasteiger charge is 2.42. The number of alkyl halides is 3. The van der Waals surface area contributed by atoms with Crippen LogP contribution in [0.25, 0.3) is 5.69 Å². The average Bonchev–Trinajstić information content (AvgIpc) is 3.06. The third-order valence-corrected chi connectivity index (χ3v) is 4.34. The fourth-order valence-corrected chi connectivity index (χ4v) is 3.13. The number of aryl methyl sites for hydroxylation is 1. The molecule has 150 valence electrons. The Kier molecular flexibility index (Phi) is 5.41. The summed E-state index contributed by atoms with van der Waals surface area (Å²) >= 11 is 0. The van der Waals surface area contributed by atoms with Crippen LogP contribution in [0.2, 0.25) is 0 Å². The molecule has 10 heteroatoms. The van der Waals surface area contributed by atoms with Crippen LogP contribution in [0.4, 0.5) is 13.2 Å². The van der Waals surface area contributed by atoms with Gasteiger partial charge in [0.1, 0.15) is 0 Å². The number of hydrogen-bond acceptors (Lipinski definition) is 4. The van der Waals surface area contributed by atoms with Crippen molar-refractivity contribution in [1.82, 2.24) is 14.7 Å². The van der Waals surface area contributed by atoms with Gasteiger partial charge in [-0.2, -0.15) is 18.3 Å². The van der Waals surface area contributed by atoms with Crippen molar-refractivity contribution in [3.8, 4) is 5.69 Å². The maximum absolute atomic E-state index is 13.8. The molecule has 0 bridgehead atoms. The van der Waals surface area contributed by atoms with E-state index in [0.29, 0.717) is 4.68 Å². The topological polar surface area (TPSA) is 84.7 Å². The number of ether oxygens (including phenoxy) is 1. The van der Waals surface area contributed by atoms with E-state index in [1.807, 2.05) is 0 Å². The van der Waals surface area contributed by atoms with E-state index < -0.39 is 35.4 Å². The second-order valence-corrected chi connectivity index (χ2v) is 6.50. The zero-order chi connectivity index (χ0) is 20.5. The zero-order valence-corrected chi connectivity index (χ0v) is 14.9. The van der Waals surface area contributed by atoms with Gasteiger partial charge in [0.15, 0.2) is 5.69 Å². The summed E-state index contributed by atoms with van der Waals surface area (Å²) in [6.45, 7) is 1.76. The number of carboxylic acid groups (broad SMARTS) is 1. The van der Waals surface area contributed by atoms with Crippen molar-refractivity contribution < 1.29 is 32.6 Å². The number of amides is 1. The van der Waals surface area contributed by atoms with Gasteiger partial charge in [-0.05, 0) is 24.6 Å². The van der Waals surface area contributed by atoms with E-state index in [1.54, 1.807) is 19.1 Å². The Morgan fingerprint density at radius 2 is 2.11 bits per heavy atom. The van der Waals surface area contributed by atoms with Crippen LogP contribution in [0.3, 0.4) is 0 Å². The Morgan fingerprint density at radius 3 is 2.75 bits per heavy atom. The first kappa shape index (κ1) is 19.9. The van der Waals surface area contributed by atoms with Crippen molar-refractivity contribution in [3.63, 3.8) is 0 Å². The minimum atomic E-state index is -4.81. The molecular formula is C18H18F3N3O4. The SMILES string of the molecule is Cc1cccc(-n2ncc(C(=O)N3CCOC(CC(=O)O)C3)c2C(F)(F)F)c1. The quantitative estimate of drug-likeness (QED) is 0.857. The molecule has 1 N–H and O–H groups in total. The lowest BCUT2D eigenvalue weighted by molar-refractivity contribution is -0.143. The summed E-state index contributed by atoms with van der Waals surface area (Å²) in [4.78, 5) is 24.8. The van der Waals surface area contributed by atoms with Gasteiger partial charge in [0.05, 0.1) is 36.6 Å². The minimum Gasteiger partial charge on any atom is -0.481 e. The molecule has 1 saturated heterocycles. The maximum Gasteiger partial charge on any atom is 0.434 e. The number of carbonyl (C=O) groups is 2. The summed E-state index contributed by atoms with van der Waals surface area (Å²) in [7, 11) is 0. The lowest BCUT2D eigenvalue weighted by Crippen LogP contribution is -2.46. The van der Waals surface area contributed by atoms with Gasteiger partial charge in [-0.25, -0.2) is 4.68 Å². The highest BCUT2D eigenvalue weighted by atomic mass is 19.4. The number of nitrogens with zero attached hydrogens (tertiary/aromatic N) is 3. The van der Waals surface area contributed by atoms with Crippen LogP contribution in [-0.2, 0) is 15.7 Å². The van der Waals surface area contributed by atoms with Crippen LogP contribution in [0, 0.1) is 6.92 Å². The van der Waals surface area contributed by atoms with Crippen LogP contribution in [0.15, 0.2) is 30.5 Å². The molecule has 1 amide bonds. The van der Waals surface area contributed by atoms with E-state index in [9.17, 15) is 22.8 Å². The largest absolute Gasteiger partial charge is 0.481 e. The number of rotatable bonds is 4. The molecule has 28 heavy (non-hydrogen) atoms. The number of halogens is 3. The normalized spacial score (nSPS) is 17.6. The van der Waals surface area contributed by atoms with Crippen LogP contribution in [0.1, 0.15) is 28.0 Å². The third kappa shape index (κ3) is 4.16. The molecule has 3 rings (SSSR count). The molecule has 1 fully saturated rings. The summed E-state index contributed by atoms with van der Waals surface area (Å²) < 4.78 is 47.3. The molecule has 1 aromatic heterocycles. The molecule has 2 heterocycles. The van der Waals surface area contributed by atoms with Crippen molar-refractivity contribution in [2.24, 2.45) is 0 Å². The van der Waals surface area contributed by atoms with Crippen molar-refractivity contribution in [2.75, 3.05) is 19.7 Å². The molecule has 1 atom stereocenters. The highest BCUT2D eigenvalue weighted by Crippen LogP contribution is 2.34. The first-order valence-corrected chi connectivity index (χ1v) is 8.51. The van der Waals surface area contributed by atoms with Crippen LogP contribution >= 0.6 is 0 Å². The van der Waals surface area contributed by atoms with E-state index in [1.165, 1.54) is 17.0 Å². The monoisotopic (exact) mass is 397 g/mol. The summed E-state index contributed by atoms with van der Waals surface area (Å²) in [5, 5.41) is 12.7. The molecule has 1 aliphatic heterocycles. The zero-order valence-electron chi connectivity index (χ0n) is 14.9. The summed E-state index contributed by atoms with van der Waals surface area (Å²) in [5.74, 6) is -1.97. The minimum absolute atomic E-state index is 0.0526. The highest BCUT2D eigenvalue weighted by molar-refractivity contribution is 5.95. The fourth-order valence-electron chi connectivity index (χ4n) is 3.13. The molecule has 0 spiro atoms. The van der Waals surface area contributed by atoms with Crippen LogP contribution in [0.5, 0.6) is 0 Å². The number of carbonyl (C=O) groups excluding carboxylic acids is 1. The Bertz CT molecular complexity index is 894. The molecule has 2 aromatic rings. The van der Waals surface area contributed by atoms with E-state index >= 15 is 0 Å². The molecule has 0 aliphatic carbocycles. The second kappa shape index (κ2) is 7.63. The van der Waals surface area contributed by atoms with Gasteiger partial charge in [0, 0.05) is 13.1 Å². The smallest absolute Gasteiger partial charge is 0.434 e. The number of aliphatic carboxylic acids is 1. The van der Waals surface area contributed by atoms with Crippen LogP contribution < -0.4 is 0 Å². The summed E-state index contributed by atoms with van der Waals surface area (Å²) in [5.41, 5.74) is -0.801. The van der Waals surface area contributed by atoms with E-state index in [4.69, 9.17) is 9.84 Å². The van der Waals surface area contributed by atoms with E-state index in [2.05, 4.69) is 5.10 Å². The number of hydrogen-bond donors (Lipinski definition) is 1. The first-order valence-electron chi connectivity index (χ1n) is 8.51. The third-order valence-electron chi connectivity index (χ3n) is 4.34. The number of aromatic nitrogens is 2. The fraction of sp³-hybridized carbons (Fsp3) is 0.389. The first-order chi connectivity index (χ1) is 13.2. The molecule has 1 aromatic carbocycles. The molecule has 1 aliphatic rings. The van der Waals surface area contributed by atoms with Gasteiger partial charge in [-0.1, -0.05) is 12.1 Å². The molecule has 7 nitrogen and oxygen atoms in total. The number of carboxylic acids is 1. The Hall–Kier alpha value is -2.88. The van der Waals surface area contributed by atoms with E-state index in [0.717, 1.165) is 11.8 Å². The van der Waals surface area contributed by atoms with Crippen molar-refractivity contribution in [1.29, 1.82) is 0 Å². The lowest BCUT2D eigenvalue weighted by atomic mass is 10.1. The summed E-state index contributed by atoms with van der Waals surface area (Å²) in [6, 6.07) is 6.35. The van der Waals surface area contributed by atoms with Gasteiger partial charge in [-0.15, -0.1) is 0 Å². The predicted molar refractivity (Wildman–Crippen MR) is 91.2 cm³/mol. The molecule has 1 unspecified atom stereocenters. The number of morpholine rings is 1. The van der Waals surface area contributed by atoms with Crippen molar-refractivity contribution >= 4 is 11.9 Å². The second-order valence-electron chi connectivity index (χ2n) is 6.50. The molecule has 0 saturated carbocycles. The van der Waals surface area contributed by atoms with Crippen LogP contribution in [-0.4, -0.2) is 57.5 Å². The molecular weight excluding hydrogens is 379 g/mol. The van der Waals surface area contributed by atoms with E-state index in [-0.39, 0.29) is 31.8 Å². The maximum atomic E-state index is 13.8. The Balaban J connectivity index is 1.95. The van der Waals surface area contributed by atoms with Crippen molar-refractivity contribution in [2.45, 2.75) is 25.6 Å². The predicted octanol–water partition coefficient (Wildman–Crippen LogP) is 2.52. The standard InChI is InChI=1S/C18H18F3N3O4/c1-11-3-2-4-12(7-11)24-16(18(19,20)21)14(9-22-24)17(27)23-5-6-28-13(10-23)8-15(25)26/h2-4,7,9,13H,5-6,8,10H2,1H3,(H,25,26). The average molecular weight is 397 g/mol. The number of benzene rings is 1. The van der Waals surface area contributed by atoms with Gasteiger partial charge >= 0.3 is 12.1 Å². The lowest BCUT2D eigenvalue weighted by Gasteiger charge is -2.32. The summed E-state index contributed by atoms with van der Waals surface area (Å²) in [6.07, 6.45) is -5.01. The van der Waals surface area contributed by atoms with Gasteiger partial charge in [0.2, 0.25) is 0 Å². The van der Waals surface area contributed by atoms with Crippen molar-refractivity contribution in [3.05, 3.63) is 47.3 Å². The Labute approximate surface area is 158 Å². The van der Waals surface area contributed by atoms with Gasteiger partial charge in [-0.3, -0.25) is 9.59 Å². The van der Waals surface area contributed by atoms with Gasteiger partial charge < -0.3 is 14.7 Å². The Morgan fingerprint density at radius 1 is 1.36 bits per heavy atom. The molecule has 0 radical (unpaired) electrons. The van der Waals surface area contributed by atoms with Gasteiger partial charge in [0.25, 0.3) is 5.91 Å².